The summed E-state index contributed by atoms with van der Waals surface area (Å²) in [5.41, 5.74) is 1.60. The Morgan fingerprint density at radius 3 is 2.36 bits per heavy atom. The normalized spacial score (nSPS) is 20.4. The molecule has 1 aliphatic carbocycles. The lowest BCUT2D eigenvalue weighted by Crippen LogP contribution is -2.15. The van der Waals surface area contributed by atoms with Gasteiger partial charge in [-0.3, -0.25) is 0 Å². The van der Waals surface area contributed by atoms with E-state index < -0.39 is 0 Å². The lowest BCUT2D eigenvalue weighted by molar-refractivity contribution is 0.472. The number of alkyl halides is 1. The zero-order valence-corrected chi connectivity index (χ0v) is 9.09. The predicted octanol–water partition coefficient (Wildman–Crippen LogP) is 3.34. The summed E-state index contributed by atoms with van der Waals surface area (Å²) in [7, 11) is 0. The number of phenols is 1. The van der Waals surface area contributed by atoms with Crippen LogP contribution in [0.15, 0.2) is 24.3 Å². The van der Waals surface area contributed by atoms with Gasteiger partial charge in [-0.05, 0) is 49.3 Å². The number of aromatic hydroxyl groups is 1. The Hall–Kier alpha value is -0.690. The van der Waals surface area contributed by atoms with Gasteiger partial charge in [0.15, 0.2) is 0 Å². The minimum Gasteiger partial charge on any atom is -0.508 e. The molecule has 1 unspecified atom stereocenters. The third kappa shape index (κ3) is 1.88. The van der Waals surface area contributed by atoms with Gasteiger partial charge in [0.25, 0.3) is 0 Å². The zero-order chi connectivity index (χ0) is 10.2. The topological polar surface area (TPSA) is 20.2 Å². The molecule has 1 aromatic rings. The van der Waals surface area contributed by atoms with Gasteiger partial charge < -0.3 is 5.11 Å². The van der Waals surface area contributed by atoms with E-state index in [1.54, 1.807) is 12.1 Å². The van der Waals surface area contributed by atoms with E-state index in [0.29, 0.717) is 11.2 Å². The molecule has 1 nitrogen and oxygen atoms in total. The summed E-state index contributed by atoms with van der Waals surface area (Å²) in [4.78, 5) is 0. The molecule has 14 heavy (non-hydrogen) atoms. The fourth-order valence-electron chi connectivity index (χ4n) is 1.90. The fraction of sp³-hybridized carbons (Fsp3) is 0.500. The Morgan fingerprint density at radius 2 is 1.93 bits per heavy atom. The Balaban J connectivity index is 2.08. The Bertz CT molecular complexity index is 312. The molecule has 0 amide bonds. The first-order chi connectivity index (χ1) is 6.62. The summed E-state index contributed by atoms with van der Waals surface area (Å²) in [5.74, 6) is 0.331. The summed E-state index contributed by atoms with van der Waals surface area (Å²) in [5, 5.41) is 9.40. The second kappa shape index (κ2) is 3.47. The molecule has 2 heteroatoms. The van der Waals surface area contributed by atoms with Gasteiger partial charge in [0.2, 0.25) is 0 Å². The molecule has 0 bridgehead atoms. The molecule has 2 rings (SSSR count). The van der Waals surface area contributed by atoms with E-state index in [4.69, 9.17) is 16.7 Å². The maximum atomic E-state index is 9.15. The highest BCUT2D eigenvalue weighted by molar-refractivity contribution is 6.21. The highest BCUT2D eigenvalue weighted by Gasteiger charge is 2.46. The number of phenolic OH excluding ortho intramolecular Hbond substituents is 1. The number of halogens is 1. The lowest BCUT2D eigenvalue weighted by atomic mass is 9.93. The summed E-state index contributed by atoms with van der Waals surface area (Å²) in [6.45, 7) is 2.08. The molecule has 1 N–H and O–H groups in total. The van der Waals surface area contributed by atoms with Crippen molar-refractivity contribution >= 4 is 11.6 Å². The van der Waals surface area contributed by atoms with Crippen LogP contribution >= 0.6 is 11.6 Å². The number of benzene rings is 1. The van der Waals surface area contributed by atoms with Crippen molar-refractivity contribution in [2.24, 2.45) is 5.41 Å². The van der Waals surface area contributed by atoms with Crippen molar-refractivity contribution in [1.82, 2.24) is 0 Å². The van der Waals surface area contributed by atoms with Crippen LogP contribution in [0.25, 0.3) is 0 Å². The molecule has 1 aromatic carbocycles. The SMILES string of the molecule is CC(Cl)C1(Cc2ccc(O)cc2)CC1. The van der Waals surface area contributed by atoms with Gasteiger partial charge in [0, 0.05) is 5.38 Å². The molecule has 0 aromatic heterocycles. The lowest BCUT2D eigenvalue weighted by Gasteiger charge is -2.17. The van der Waals surface area contributed by atoms with Crippen LogP contribution in [-0.4, -0.2) is 10.5 Å². The van der Waals surface area contributed by atoms with Gasteiger partial charge in [0.05, 0.1) is 0 Å². The van der Waals surface area contributed by atoms with E-state index in [1.165, 1.54) is 18.4 Å². The molecule has 1 atom stereocenters. The van der Waals surface area contributed by atoms with E-state index in [2.05, 4.69) is 6.92 Å². The molecular weight excluding hydrogens is 196 g/mol. The first-order valence-electron chi connectivity index (χ1n) is 5.04. The molecule has 1 aliphatic rings. The van der Waals surface area contributed by atoms with Crippen molar-refractivity contribution in [3.63, 3.8) is 0 Å². The van der Waals surface area contributed by atoms with E-state index in [-0.39, 0.29) is 5.38 Å². The minimum atomic E-state index is 0.247. The second-order valence-corrected chi connectivity index (χ2v) is 4.98. The van der Waals surface area contributed by atoms with E-state index in [9.17, 15) is 0 Å². The molecule has 0 aliphatic heterocycles. The first-order valence-corrected chi connectivity index (χ1v) is 5.48. The van der Waals surface area contributed by atoms with Crippen molar-refractivity contribution in [2.75, 3.05) is 0 Å². The van der Waals surface area contributed by atoms with Crippen molar-refractivity contribution in [2.45, 2.75) is 31.6 Å². The first kappa shape index (κ1) is 9.85. The van der Waals surface area contributed by atoms with Crippen LogP contribution in [-0.2, 0) is 6.42 Å². The van der Waals surface area contributed by atoms with Gasteiger partial charge in [0.1, 0.15) is 5.75 Å². The van der Waals surface area contributed by atoms with Gasteiger partial charge in [-0.25, -0.2) is 0 Å². The largest absolute Gasteiger partial charge is 0.508 e. The molecule has 1 saturated carbocycles. The van der Waals surface area contributed by atoms with E-state index in [0.717, 1.165) is 6.42 Å². The average molecular weight is 211 g/mol. The molecule has 0 saturated heterocycles. The minimum absolute atomic E-state index is 0.247. The predicted molar refractivity (Wildman–Crippen MR) is 58.8 cm³/mol. The Kier molecular flexibility index (Phi) is 2.44. The van der Waals surface area contributed by atoms with Crippen molar-refractivity contribution < 1.29 is 5.11 Å². The van der Waals surface area contributed by atoms with Gasteiger partial charge in [-0.1, -0.05) is 12.1 Å². The molecule has 1 fully saturated rings. The van der Waals surface area contributed by atoms with Crippen molar-refractivity contribution in [3.05, 3.63) is 29.8 Å². The van der Waals surface area contributed by atoms with Crippen LogP contribution in [0.5, 0.6) is 5.75 Å². The van der Waals surface area contributed by atoms with Crippen molar-refractivity contribution in [1.29, 1.82) is 0 Å². The quantitative estimate of drug-likeness (QED) is 0.759. The smallest absolute Gasteiger partial charge is 0.115 e. The highest BCUT2D eigenvalue weighted by Crippen LogP contribution is 2.53. The van der Waals surface area contributed by atoms with Gasteiger partial charge >= 0.3 is 0 Å². The number of hydrogen-bond donors (Lipinski definition) is 1. The number of rotatable bonds is 3. The second-order valence-electron chi connectivity index (χ2n) is 4.32. The van der Waals surface area contributed by atoms with Crippen LogP contribution < -0.4 is 0 Å². The average Bonchev–Trinajstić information content (AvgIpc) is 2.90. The maximum Gasteiger partial charge on any atom is 0.115 e. The summed E-state index contributed by atoms with van der Waals surface area (Å²) >= 11 is 6.16. The summed E-state index contributed by atoms with van der Waals surface area (Å²) in [6, 6.07) is 7.44. The van der Waals surface area contributed by atoms with Crippen molar-refractivity contribution in [3.8, 4) is 5.75 Å². The maximum absolute atomic E-state index is 9.15. The zero-order valence-electron chi connectivity index (χ0n) is 8.33. The van der Waals surface area contributed by atoms with Gasteiger partial charge in [-0.15, -0.1) is 11.6 Å². The van der Waals surface area contributed by atoms with Crippen LogP contribution in [0.4, 0.5) is 0 Å². The van der Waals surface area contributed by atoms with Gasteiger partial charge in [-0.2, -0.15) is 0 Å². The highest BCUT2D eigenvalue weighted by atomic mass is 35.5. The van der Waals surface area contributed by atoms with Crippen LogP contribution in [0.2, 0.25) is 0 Å². The molecule has 0 spiro atoms. The number of hydrogen-bond acceptors (Lipinski definition) is 1. The van der Waals surface area contributed by atoms with Crippen LogP contribution in [0.3, 0.4) is 0 Å². The Morgan fingerprint density at radius 1 is 1.36 bits per heavy atom. The molecule has 76 valence electrons. The van der Waals surface area contributed by atoms with E-state index in [1.807, 2.05) is 12.1 Å². The third-order valence-electron chi connectivity index (χ3n) is 3.23. The standard InChI is InChI=1S/C12H15ClO/c1-9(13)12(6-7-12)8-10-2-4-11(14)5-3-10/h2-5,9,14H,6-8H2,1H3. The fourth-order valence-corrected chi connectivity index (χ4v) is 2.19. The molecule has 0 radical (unpaired) electrons. The monoisotopic (exact) mass is 210 g/mol. The summed E-state index contributed by atoms with van der Waals surface area (Å²) in [6.07, 6.45) is 3.51. The molecular formula is C12H15ClO. The van der Waals surface area contributed by atoms with Crippen LogP contribution in [0, 0.1) is 5.41 Å². The third-order valence-corrected chi connectivity index (χ3v) is 3.69. The molecule has 0 heterocycles. The van der Waals surface area contributed by atoms with E-state index >= 15 is 0 Å². The van der Waals surface area contributed by atoms with Crippen LogP contribution in [0.1, 0.15) is 25.3 Å². The summed E-state index contributed by atoms with van der Waals surface area (Å²) < 4.78 is 0. The Labute approximate surface area is 89.7 Å².